The van der Waals surface area contributed by atoms with E-state index in [9.17, 15) is 5.11 Å². The molecule has 0 aromatic carbocycles. The standard InChI is InChI=1S/C9H15ClN2O/c1-2-3-11-4-5-12(8-11)7-9(13)6-10/h2,4-5,9,13H,1,3,6-8H2. The third kappa shape index (κ3) is 3.28. The van der Waals surface area contributed by atoms with Crippen molar-refractivity contribution in [1.29, 1.82) is 0 Å². The molecule has 0 aromatic heterocycles. The lowest BCUT2D eigenvalue weighted by molar-refractivity contribution is 0.142. The maximum absolute atomic E-state index is 9.29. The van der Waals surface area contributed by atoms with Crippen LogP contribution in [0.4, 0.5) is 0 Å². The summed E-state index contributed by atoms with van der Waals surface area (Å²) in [6.07, 6.45) is 5.35. The van der Waals surface area contributed by atoms with Gasteiger partial charge in [0.1, 0.15) is 0 Å². The van der Waals surface area contributed by atoms with Gasteiger partial charge in [-0.1, -0.05) is 6.08 Å². The molecule has 74 valence electrons. The lowest BCUT2D eigenvalue weighted by atomic mass is 10.4. The molecule has 1 heterocycles. The van der Waals surface area contributed by atoms with Crippen LogP contribution in [0.2, 0.25) is 0 Å². The van der Waals surface area contributed by atoms with Gasteiger partial charge in [0.2, 0.25) is 0 Å². The van der Waals surface area contributed by atoms with Crippen molar-refractivity contribution >= 4 is 11.6 Å². The number of alkyl halides is 1. The maximum atomic E-state index is 9.29. The Morgan fingerprint density at radius 1 is 1.54 bits per heavy atom. The molecular formula is C9H15ClN2O. The summed E-state index contributed by atoms with van der Waals surface area (Å²) in [5.41, 5.74) is 0. The van der Waals surface area contributed by atoms with Crippen LogP contribution >= 0.6 is 11.6 Å². The van der Waals surface area contributed by atoms with Crippen molar-refractivity contribution in [2.45, 2.75) is 6.10 Å². The molecule has 0 saturated carbocycles. The predicted octanol–water partition coefficient (Wildman–Crippen LogP) is 0.818. The molecule has 1 aliphatic rings. The highest BCUT2D eigenvalue weighted by molar-refractivity contribution is 6.18. The fraction of sp³-hybridized carbons (Fsp3) is 0.556. The summed E-state index contributed by atoms with van der Waals surface area (Å²) >= 11 is 5.50. The first-order chi connectivity index (χ1) is 6.26. The Morgan fingerprint density at radius 2 is 2.23 bits per heavy atom. The van der Waals surface area contributed by atoms with Gasteiger partial charge < -0.3 is 14.9 Å². The van der Waals surface area contributed by atoms with Gasteiger partial charge in [-0.3, -0.25) is 0 Å². The Bertz CT molecular complexity index is 196. The minimum absolute atomic E-state index is 0.284. The average molecular weight is 203 g/mol. The quantitative estimate of drug-likeness (QED) is 0.528. The van der Waals surface area contributed by atoms with Crippen LogP contribution in [-0.2, 0) is 0 Å². The molecule has 0 radical (unpaired) electrons. The van der Waals surface area contributed by atoms with Gasteiger partial charge in [0.15, 0.2) is 0 Å². The van der Waals surface area contributed by atoms with E-state index in [4.69, 9.17) is 11.6 Å². The summed E-state index contributed by atoms with van der Waals surface area (Å²) in [6, 6.07) is 0. The summed E-state index contributed by atoms with van der Waals surface area (Å²) in [5.74, 6) is 0.284. The van der Waals surface area contributed by atoms with Crippen LogP contribution in [0, 0.1) is 0 Å². The topological polar surface area (TPSA) is 26.7 Å². The molecule has 0 fully saturated rings. The molecule has 13 heavy (non-hydrogen) atoms. The second kappa shape index (κ2) is 5.14. The SMILES string of the molecule is C=CCN1C=CN(CC(O)CCl)C1. The maximum Gasteiger partial charge on any atom is 0.0898 e. The van der Waals surface area contributed by atoms with Crippen molar-refractivity contribution in [3.63, 3.8) is 0 Å². The van der Waals surface area contributed by atoms with E-state index in [1.807, 2.05) is 23.4 Å². The Balaban J connectivity index is 2.26. The third-order valence-electron chi connectivity index (χ3n) is 1.84. The number of hydrogen-bond acceptors (Lipinski definition) is 3. The summed E-state index contributed by atoms with van der Waals surface area (Å²) in [4.78, 5) is 4.13. The Kier molecular flexibility index (Phi) is 4.12. The number of nitrogens with zero attached hydrogens (tertiary/aromatic N) is 2. The molecule has 3 nitrogen and oxygen atoms in total. The number of aliphatic hydroxyl groups is 1. The number of aliphatic hydroxyl groups excluding tert-OH is 1. The Hall–Kier alpha value is -0.670. The van der Waals surface area contributed by atoms with Crippen molar-refractivity contribution in [3.05, 3.63) is 25.1 Å². The van der Waals surface area contributed by atoms with E-state index in [1.54, 1.807) is 0 Å². The number of halogens is 1. The molecule has 1 aliphatic heterocycles. The minimum Gasteiger partial charge on any atom is -0.390 e. The lowest BCUT2D eigenvalue weighted by Gasteiger charge is -2.21. The number of β-amino-alcohol motifs (C(OH)–C–C–N with tert-alkyl or cyclic N) is 1. The summed E-state index contributed by atoms with van der Waals surface area (Å²) < 4.78 is 0. The fourth-order valence-electron chi connectivity index (χ4n) is 1.24. The molecule has 4 heteroatoms. The third-order valence-corrected chi connectivity index (χ3v) is 2.19. The summed E-state index contributed by atoms with van der Waals surface area (Å²) in [6.45, 7) is 5.90. The lowest BCUT2D eigenvalue weighted by Crippen LogP contribution is -2.32. The van der Waals surface area contributed by atoms with Crippen molar-refractivity contribution in [3.8, 4) is 0 Å². The van der Waals surface area contributed by atoms with Crippen molar-refractivity contribution < 1.29 is 5.11 Å². The van der Waals surface area contributed by atoms with Gasteiger partial charge in [-0.15, -0.1) is 18.2 Å². The van der Waals surface area contributed by atoms with Crippen molar-refractivity contribution in [2.24, 2.45) is 0 Å². The molecule has 0 bridgehead atoms. The zero-order valence-corrected chi connectivity index (χ0v) is 8.32. The molecule has 0 aromatic rings. The van der Waals surface area contributed by atoms with E-state index < -0.39 is 6.10 Å². The molecule has 0 aliphatic carbocycles. The summed E-state index contributed by atoms with van der Waals surface area (Å²) in [7, 11) is 0. The molecular weight excluding hydrogens is 188 g/mol. The smallest absolute Gasteiger partial charge is 0.0898 e. The molecule has 0 saturated heterocycles. The van der Waals surface area contributed by atoms with Crippen LogP contribution in [0.5, 0.6) is 0 Å². The highest BCUT2D eigenvalue weighted by Gasteiger charge is 2.13. The molecule has 1 rings (SSSR count). The largest absolute Gasteiger partial charge is 0.390 e. The Morgan fingerprint density at radius 3 is 2.85 bits per heavy atom. The number of hydrogen-bond donors (Lipinski definition) is 1. The number of rotatable bonds is 5. The van der Waals surface area contributed by atoms with Crippen molar-refractivity contribution in [1.82, 2.24) is 9.80 Å². The second-order valence-corrected chi connectivity index (χ2v) is 3.39. The molecule has 1 atom stereocenters. The van der Waals surface area contributed by atoms with Crippen LogP contribution in [0.1, 0.15) is 0 Å². The molecule has 1 unspecified atom stereocenters. The highest BCUT2D eigenvalue weighted by atomic mass is 35.5. The van der Waals surface area contributed by atoms with Crippen LogP contribution < -0.4 is 0 Å². The minimum atomic E-state index is -0.449. The zero-order chi connectivity index (χ0) is 9.68. The first-order valence-electron chi connectivity index (χ1n) is 4.27. The average Bonchev–Trinajstić information content (AvgIpc) is 2.53. The van der Waals surface area contributed by atoms with Gasteiger partial charge in [-0.2, -0.15) is 0 Å². The molecule has 0 spiro atoms. The Labute approximate surface area is 83.9 Å². The molecule has 0 amide bonds. The second-order valence-electron chi connectivity index (χ2n) is 3.08. The summed E-state index contributed by atoms with van der Waals surface area (Å²) in [5, 5.41) is 9.29. The van der Waals surface area contributed by atoms with Crippen LogP contribution in [0.25, 0.3) is 0 Å². The van der Waals surface area contributed by atoms with Gasteiger partial charge in [-0.25, -0.2) is 0 Å². The van der Waals surface area contributed by atoms with Gasteiger partial charge >= 0.3 is 0 Å². The van der Waals surface area contributed by atoms with Gasteiger partial charge in [0.25, 0.3) is 0 Å². The van der Waals surface area contributed by atoms with E-state index in [0.717, 1.165) is 13.2 Å². The van der Waals surface area contributed by atoms with E-state index >= 15 is 0 Å². The van der Waals surface area contributed by atoms with Crippen LogP contribution in [-0.4, -0.2) is 46.6 Å². The van der Waals surface area contributed by atoms with E-state index in [2.05, 4.69) is 11.5 Å². The van der Waals surface area contributed by atoms with Gasteiger partial charge in [-0.05, 0) is 0 Å². The normalized spacial score (nSPS) is 18.0. The van der Waals surface area contributed by atoms with E-state index in [0.29, 0.717) is 6.54 Å². The van der Waals surface area contributed by atoms with Gasteiger partial charge in [0.05, 0.1) is 18.7 Å². The zero-order valence-electron chi connectivity index (χ0n) is 7.56. The first kappa shape index (κ1) is 10.4. The van der Waals surface area contributed by atoms with Gasteiger partial charge in [0, 0.05) is 25.5 Å². The van der Waals surface area contributed by atoms with E-state index in [-0.39, 0.29) is 5.88 Å². The van der Waals surface area contributed by atoms with Crippen LogP contribution in [0.3, 0.4) is 0 Å². The fourth-order valence-corrected chi connectivity index (χ4v) is 1.34. The predicted molar refractivity (Wildman–Crippen MR) is 54.3 cm³/mol. The van der Waals surface area contributed by atoms with E-state index in [1.165, 1.54) is 0 Å². The molecule has 1 N–H and O–H groups in total. The monoisotopic (exact) mass is 202 g/mol. The first-order valence-corrected chi connectivity index (χ1v) is 4.81. The van der Waals surface area contributed by atoms with Crippen molar-refractivity contribution in [2.75, 3.05) is 25.6 Å². The van der Waals surface area contributed by atoms with Crippen LogP contribution in [0.15, 0.2) is 25.1 Å². The highest BCUT2D eigenvalue weighted by Crippen LogP contribution is 2.07.